The van der Waals surface area contributed by atoms with E-state index in [9.17, 15) is 0 Å². The molecule has 1 aromatic rings. The fourth-order valence-corrected chi connectivity index (χ4v) is 2.51. The Morgan fingerprint density at radius 3 is 2.67 bits per heavy atom. The SMILES string of the molecule is CC(C)CN(c1cccc(Cl)c1C(=N)N)C1CC1. The number of hydrogen-bond donors (Lipinski definition) is 2. The molecule has 0 heterocycles. The van der Waals surface area contributed by atoms with Gasteiger partial charge in [-0.3, -0.25) is 5.41 Å². The van der Waals surface area contributed by atoms with Gasteiger partial charge >= 0.3 is 0 Å². The molecule has 1 aliphatic rings. The minimum atomic E-state index is 0.0463. The van der Waals surface area contributed by atoms with Gasteiger partial charge in [-0.05, 0) is 30.9 Å². The molecule has 98 valence electrons. The zero-order chi connectivity index (χ0) is 13.3. The monoisotopic (exact) mass is 265 g/mol. The fraction of sp³-hybridized carbons (Fsp3) is 0.500. The Balaban J connectivity index is 2.40. The maximum Gasteiger partial charge on any atom is 0.126 e. The van der Waals surface area contributed by atoms with Gasteiger partial charge in [-0.15, -0.1) is 0 Å². The lowest BCUT2D eigenvalue weighted by Gasteiger charge is -2.29. The molecule has 0 bridgehead atoms. The van der Waals surface area contributed by atoms with E-state index in [1.165, 1.54) is 12.8 Å². The van der Waals surface area contributed by atoms with Gasteiger partial charge in [0.2, 0.25) is 0 Å². The average Bonchev–Trinajstić information content (AvgIpc) is 3.08. The molecule has 0 atom stereocenters. The number of nitrogens with two attached hydrogens (primary N) is 1. The van der Waals surface area contributed by atoms with E-state index in [1.807, 2.05) is 12.1 Å². The summed E-state index contributed by atoms with van der Waals surface area (Å²) in [5, 5.41) is 8.29. The normalized spacial score (nSPS) is 14.9. The number of nitrogens with one attached hydrogen (secondary N) is 1. The van der Waals surface area contributed by atoms with Crippen molar-refractivity contribution < 1.29 is 0 Å². The zero-order valence-electron chi connectivity index (χ0n) is 10.9. The summed E-state index contributed by atoms with van der Waals surface area (Å²) >= 11 is 6.18. The highest BCUT2D eigenvalue weighted by molar-refractivity contribution is 6.34. The highest BCUT2D eigenvalue weighted by Gasteiger charge is 2.31. The van der Waals surface area contributed by atoms with Crippen molar-refractivity contribution in [1.82, 2.24) is 0 Å². The van der Waals surface area contributed by atoms with Crippen molar-refractivity contribution in [1.29, 1.82) is 5.41 Å². The largest absolute Gasteiger partial charge is 0.384 e. The van der Waals surface area contributed by atoms with Gasteiger partial charge in [-0.1, -0.05) is 31.5 Å². The first-order valence-corrected chi connectivity index (χ1v) is 6.78. The molecule has 0 unspecified atom stereocenters. The second-order valence-corrected chi connectivity index (χ2v) is 5.73. The van der Waals surface area contributed by atoms with Gasteiger partial charge in [0.05, 0.1) is 10.6 Å². The summed E-state index contributed by atoms with van der Waals surface area (Å²) < 4.78 is 0. The van der Waals surface area contributed by atoms with Crippen molar-refractivity contribution in [3.05, 3.63) is 28.8 Å². The summed E-state index contributed by atoms with van der Waals surface area (Å²) in [6.07, 6.45) is 2.44. The first kappa shape index (κ1) is 13.2. The molecule has 0 aliphatic heterocycles. The summed E-state index contributed by atoms with van der Waals surface area (Å²) in [4.78, 5) is 2.35. The highest BCUT2D eigenvalue weighted by atomic mass is 35.5. The predicted octanol–water partition coefficient (Wildman–Crippen LogP) is 3.25. The summed E-state index contributed by atoms with van der Waals surface area (Å²) in [5.74, 6) is 0.620. The Morgan fingerprint density at radius 1 is 1.50 bits per heavy atom. The molecule has 1 fully saturated rings. The standard InChI is InChI=1S/C14H20ClN3/c1-9(2)8-18(10-6-7-10)12-5-3-4-11(15)13(12)14(16)17/h3-5,9-10H,6-8H2,1-2H3,(H3,16,17). The Bertz CT molecular complexity index is 452. The maximum atomic E-state index is 7.72. The van der Waals surface area contributed by atoms with E-state index in [2.05, 4.69) is 18.7 Å². The molecule has 0 saturated heterocycles. The second-order valence-electron chi connectivity index (χ2n) is 5.33. The number of halogens is 1. The molecular weight excluding hydrogens is 246 g/mol. The van der Waals surface area contributed by atoms with E-state index >= 15 is 0 Å². The molecule has 0 spiro atoms. The van der Waals surface area contributed by atoms with Gasteiger partial charge in [0.15, 0.2) is 0 Å². The van der Waals surface area contributed by atoms with Crippen molar-refractivity contribution in [2.75, 3.05) is 11.4 Å². The van der Waals surface area contributed by atoms with Crippen molar-refractivity contribution >= 4 is 23.1 Å². The molecule has 3 nitrogen and oxygen atoms in total. The van der Waals surface area contributed by atoms with E-state index in [0.717, 1.165) is 12.2 Å². The van der Waals surface area contributed by atoms with Gasteiger partial charge in [0.1, 0.15) is 5.84 Å². The number of nitrogen functional groups attached to an aromatic ring is 1. The molecule has 0 amide bonds. The smallest absolute Gasteiger partial charge is 0.126 e. The predicted molar refractivity (Wildman–Crippen MR) is 77.7 cm³/mol. The molecule has 1 saturated carbocycles. The number of rotatable bonds is 5. The van der Waals surface area contributed by atoms with Crippen molar-refractivity contribution in [3.8, 4) is 0 Å². The lowest BCUT2D eigenvalue weighted by molar-refractivity contribution is 0.607. The van der Waals surface area contributed by atoms with Gasteiger partial charge in [0, 0.05) is 18.3 Å². The third kappa shape index (κ3) is 2.78. The van der Waals surface area contributed by atoms with E-state index in [0.29, 0.717) is 22.5 Å². The van der Waals surface area contributed by atoms with Gasteiger partial charge < -0.3 is 10.6 Å². The van der Waals surface area contributed by atoms with E-state index < -0.39 is 0 Å². The Labute approximate surface area is 113 Å². The van der Waals surface area contributed by atoms with Crippen LogP contribution in [0.15, 0.2) is 18.2 Å². The molecule has 0 aromatic heterocycles. The molecule has 18 heavy (non-hydrogen) atoms. The highest BCUT2D eigenvalue weighted by Crippen LogP contribution is 2.36. The van der Waals surface area contributed by atoms with Crippen LogP contribution in [-0.4, -0.2) is 18.4 Å². The van der Waals surface area contributed by atoms with Crippen LogP contribution in [0.5, 0.6) is 0 Å². The fourth-order valence-electron chi connectivity index (χ4n) is 2.24. The molecule has 3 N–H and O–H groups in total. The lowest BCUT2D eigenvalue weighted by atomic mass is 10.1. The zero-order valence-corrected chi connectivity index (χ0v) is 11.7. The first-order valence-electron chi connectivity index (χ1n) is 6.40. The Hall–Kier alpha value is -1.22. The van der Waals surface area contributed by atoms with E-state index in [-0.39, 0.29) is 5.84 Å². The molecule has 2 rings (SSSR count). The van der Waals surface area contributed by atoms with Crippen molar-refractivity contribution in [2.45, 2.75) is 32.7 Å². The summed E-state index contributed by atoms with van der Waals surface area (Å²) in [6, 6.07) is 6.33. The maximum absolute atomic E-state index is 7.72. The van der Waals surface area contributed by atoms with Crippen molar-refractivity contribution in [3.63, 3.8) is 0 Å². The number of hydrogen-bond acceptors (Lipinski definition) is 2. The summed E-state index contributed by atoms with van der Waals surface area (Å²) in [5.41, 5.74) is 7.36. The number of anilines is 1. The van der Waals surface area contributed by atoms with Crippen LogP contribution < -0.4 is 10.6 Å². The van der Waals surface area contributed by atoms with E-state index in [4.69, 9.17) is 22.7 Å². The van der Waals surface area contributed by atoms with Crippen LogP contribution >= 0.6 is 11.6 Å². The van der Waals surface area contributed by atoms with Crippen LogP contribution in [0.25, 0.3) is 0 Å². The average molecular weight is 266 g/mol. The second kappa shape index (κ2) is 5.19. The summed E-state index contributed by atoms with van der Waals surface area (Å²) in [7, 11) is 0. The molecule has 1 aromatic carbocycles. The van der Waals surface area contributed by atoms with Crippen LogP contribution in [0.4, 0.5) is 5.69 Å². The van der Waals surface area contributed by atoms with Crippen LogP contribution in [0.2, 0.25) is 5.02 Å². The molecular formula is C14H20ClN3. The molecule has 0 radical (unpaired) electrons. The first-order chi connectivity index (χ1) is 8.50. The van der Waals surface area contributed by atoms with Crippen molar-refractivity contribution in [2.24, 2.45) is 11.7 Å². The van der Waals surface area contributed by atoms with Gasteiger partial charge in [0.25, 0.3) is 0 Å². The lowest BCUT2D eigenvalue weighted by Crippen LogP contribution is -2.32. The molecule has 4 heteroatoms. The number of amidine groups is 1. The third-order valence-corrected chi connectivity index (χ3v) is 3.43. The minimum Gasteiger partial charge on any atom is -0.384 e. The van der Waals surface area contributed by atoms with E-state index in [1.54, 1.807) is 6.07 Å². The van der Waals surface area contributed by atoms with Crippen LogP contribution in [0, 0.1) is 11.3 Å². The van der Waals surface area contributed by atoms with Gasteiger partial charge in [-0.25, -0.2) is 0 Å². The molecule has 1 aliphatic carbocycles. The quantitative estimate of drug-likeness (QED) is 0.634. The Morgan fingerprint density at radius 2 is 2.17 bits per heavy atom. The van der Waals surface area contributed by atoms with Crippen LogP contribution in [-0.2, 0) is 0 Å². The number of nitrogens with zero attached hydrogens (tertiary/aromatic N) is 1. The number of benzene rings is 1. The summed E-state index contributed by atoms with van der Waals surface area (Å²) in [6.45, 7) is 5.38. The van der Waals surface area contributed by atoms with Gasteiger partial charge in [-0.2, -0.15) is 0 Å². The van der Waals surface area contributed by atoms with Crippen LogP contribution in [0.3, 0.4) is 0 Å². The third-order valence-electron chi connectivity index (χ3n) is 3.12. The van der Waals surface area contributed by atoms with Crippen LogP contribution in [0.1, 0.15) is 32.3 Å². The topological polar surface area (TPSA) is 53.1 Å². The Kier molecular flexibility index (Phi) is 3.81. The minimum absolute atomic E-state index is 0.0463.